The average molecular weight is 573 g/mol. The quantitative estimate of drug-likeness (QED) is 0.320. The van der Waals surface area contributed by atoms with E-state index >= 15 is 0 Å². The summed E-state index contributed by atoms with van der Waals surface area (Å²) in [5.41, 5.74) is 4.60. The number of rotatable bonds is 11. The first-order chi connectivity index (χ1) is 19.0. The Balaban J connectivity index is 1.95. The molecule has 0 radical (unpaired) electrons. The second-order valence-electron chi connectivity index (χ2n) is 13.5. The first-order valence-corrected chi connectivity index (χ1v) is 14.7. The van der Waals surface area contributed by atoms with Gasteiger partial charge in [0.15, 0.2) is 6.10 Å². The number of ether oxygens (including phenoxy) is 1. The number of likely N-dealkylation sites (tertiary alicyclic amines) is 1. The number of aliphatic hydroxyl groups excluding tert-OH is 1. The number of alkyl carbamates (subject to hydrolysis) is 1. The lowest BCUT2D eigenvalue weighted by Gasteiger charge is -2.39. The predicted molar refractivity (Wildman–Crippen MR) is 156 cm³/mol. The third-order valence-electron chi connectivity index (χ3n) is 8.28. The summed E-state index contributed by atoms with van der Waals surface area (Å²) >= 11 is 0. The molecule has 2 fully saturated rings. The highest BCUT2D eigenvalue weighted by molar-refractivity contribution is 5.93. The van der Waals surface area contributed by atoms with Crippen molar-refractivity contribution in [2.24, 2.45) is 23.5 Å². The van der Waals surface area contributed by atoms with Gasteiger partial charge < -0.3 is 31.1 Å². The maximum atomic E-state index is 14.4. The standard InChI is InChI=1S/C31H48N4O6/c1-18(2)21-15-16-35(23(21)27(38)33-22(17-19-13-14-19)24(36)26(32)37)28(39)25(34-29(40)41-30(3,4)5)31(6,7)20-11-9-8-10-12-20/h8-12,18-19,21-25,36H,13-17H2,1-7H3,(H2,32,37)(H,33,38)(H,34,40)/t21-,22?,23+,24?,25-/m1/s1. The van der Waals surface area contributed by atoms with Crippen LogP contribution in [0.15, 0.2) is 30.3 Å². The van der Waals surface area contributed by atoms with E-state index in [-0.39, 0.29) is 11.8 Å². The molecule has 0 aromatic heterocycles. The van der Waals surface area contributed by atoms with Gasteiger partial charge in [0.25, 0.3) is 0 Å². The molecule has 10 nitrogen and oxygen atoms in total. The van der Waals surface area contributed by atoms with Gasteiger partial charge in [-0.2, -0.15) is 0 Å². The highest BCUT2D eigenvalue weighted by Crippen LogP contribution is 2.36. The van der Waals surface area contributed by atoms with Gasteiger partial charge in [0, 0.05) is 12.0 Å². The fourth-order valence-corrected chi connectivity index (χ4v) is 5.72. The van der Waals surface area contributed by atoms with E-state index in [2.05, 4.69) is 10.6 Å². The largest absolute Gasteiger partial charge is 0.444 e. The van der Waals surface area contributed by atoms with Gasteiger partial charge in [-0.3, -0.25) is 14.4 Å². The summed E-state index contributed by atoms with van der Waals surface area (Å²) in [6, 6.07) is 6.69. The number of hydrogen-bond donors (Lipinski definition) is 4. The summed E-state index contributed by atoms with van der Waals surface area (Å²) in [5, 5.41) is 16.2. The third-order valence-corrected chi connectivity index (χ3v) is 8.28. The molecule has 0 bridgehead atoms. The first-order valence-electron chi connectivity index (χ1n) is 14.7. The van der Waals surface area contributed by atoms with Crippen LogP contribution in [0.5, 0.6) is 0 Å². The summed E-state index contributed by atoms with van der Waals surface area (Å²) in [4.78, 5) is 54.7. The topological polar surface area (TPSA) is 151 Å². The molecule has 1 aromatic rings. The van der Waals surface area contributed by atoms with Crippen LogP contribution in [0, 0.1) is 17.8 Å². The monoisotopic (exact) mass is 572 g/mol. The Hall–Kier alpha value is -3.14. The van der Waals surface area contributed by atoms with E-state index in [9.17, 15) is 24.3 Å². The number of carbonyl (C=O) groups is 4. The van der Waals surface area contributed by atoms with Gasteiger partial charge in [0.1, 0.15) is 17.7 Å². The maximum Gasteiger partial charge on any atom is 0.408 e. The molecule has 1 saturated heterocycles. The second-order valence-corrected chi connectivity index (χ2v) is 13.5. The molecule has 1 saturated carbocycles. The third kappa shape index (κ3) is 8.21. The highest BCUT2D eigenvalue weighted by atomic mass is 16.6. The number of hydrogen-bond acceptors (Lipinski definition) is 6. The summed E-state index contributed by atoms with van der Waals surface area (Å²) in [7, 11) is 0. The van der Waals surface area contributed by atoms with Crippen LogP contribution in [0.1, 0.15) is 79.7 Å². The van der Waals surface area contributed by atoms with Gasteiger partial charge in [-0.05, 0) is 56.9 Å². The van der Waals surface area contributed by atoms with Crippen molar-refractivity contribution in [3.8, 4) is 0 Å². The molecular formula is C31H48N4O6. The van der Waals surface area contributed by atoms with Crippen molar-refractivity contribution in [1.82, 2.24) is 15.5 Å². The summed E-state index contributed by atoms with van der Waals surface area (Å²) in [5.74, 6) is -1.51. The van der Waals surface area contributed by atoms with Crippen LogP contribution in [0.25, 0.3) is 0 Å². The van der Waals surface area contributed by atoms with Gasteiger partial charge in [-0.15, -0.1) is 0 Å². The summed E-state index contributed by atoms with van der Waals surface area (Å²) in [6.07, 6.45) is 0.709. The normalized spacial score (nSPS) is 21.6. The van der Waals surface area contributed by atoms with Crippen LogP contribution in [-0.4, -0.2) is 70.2 Å². The molecular weight excluding hydrogens is 524 g/mol. The molecule has 41 heavy (non-hydrogen) atoms. The van der Waals surface area contributed by atoms with Crippen LogP contribution in [0.2, 0.25) is 0 Å². The number of benzene rings is 1. The van der Waals surface area contributed by atoms with E-state index < -0.39 is 59.1 Å². The molecule has 2 aliphatic rings. The van der Waals surface area contributed by atoms with Crippen LogP contribution in [-0.2, 0) is 24.5 Å². The molecule has 2 unspecified atom stereocenters. The summed E-state index contributed by atoms with van der Waals surface area (Å²) < 4.78 is 5.52. The summed E-state index contributed by atoms with van der Waals surface area (Å²) in [6.45, 7) is 13.3. The molecule has 228 valence electrons. The van der Waals surface area contributed by atoms with Crippen LogP contribution in [0.3, 0.4) is 0 Å². The molecule has 1 heterocycles. The molecule has 3 rings (SSSR count). The lowest BCUT2D eigenvalue weighted by Crippen LogP contribution is -2.62. The number of nitrogens with two attached hydrogens (primary N) is 1. The molecule has 1 aliphatic heterocycles. The molecule has 10 heteroatoms. The first kappa shape index (κ1) is 32.4. The SMILES string of the molecule is CC(C)[C@H]1CCN(C(=O)[C@@H](NC(=O)OC(C)(C)C)C(C)(C)c2ccccc2)[C@@H]1C(=O)NC(CC1CC1)C(O)C(N)=O. The Labute approximate surface area is 243 Å². The number of amides is 4. The number of nitrogens with zero attached hydrogens (tertiary/aromatic N) is 1. The average Bonchev–Trinajstić information content (AvgIpc) is 3.58. The zero-order valence-corrected chi connectivity index (χ0v) is 25.5. The van der Waals surface area contributed by atoms with E-state index in [1.165, 1.54) is 4.90 Å². The van der Waals surface area contributed by atoms with Gasteiger partial charge in [-0.25, -0.2) is 4.79 Å². The van der Waals surface area contributed by atoms with E-state index in [0.29, 0.717) is 25.3 Å². The fraction of sp³-hybridized carbons (Fsp3) is 0.677. The minimum Gasteiger partial charge on any atom is -0.444 e. The maximum absolute atomic E-state index is 14.4. The molecule has 5 N–H and O–H groups in total. The minimum absolute atomic E-state index is 0.0749. The highest BCUT2D eigenvalue weighted by Gasteiger charge is 2.49. The fourth-order valence-electron chi connectivity index (χ4n) is 5.72. The lowest BCUT2D eigenvalue weighted by molar-refractivity contribution is -0.143. The Morgan fingerprint density at radius 1 is 1.02 bits per heavy atom. The predicted octanol–water partition coefficient (Wildman–Crippen LogP) is 2.86. The number of aliphatic hydroxyl groups is 1. The zero-order chi connectivity index (χ0) is 30.7. The van der Waals surface area contributed by atoms with E-state index in [1.807, 2.05) is 58.0 Å². The van der Waals surface area contributed by atoms with Gasteiger partial charge in [-0.1, -0.05) is 70.9 Å². The van der Waals surface area contributed by atoms with E-state index in [0.717, 1.165) is 18.4 Å². The van der Waals surface area contributed by atoms with Crippen molar-refractivity contribution in [3.63, 3.8) is 0 Å². The van der Waals surface area contributed by atoms with Gasteiger partial charge >= 0.3 is 6.09 Å². The zero-order valence-electron chi connectivity index (χ0n) is 25.5. The molecule has 1 aliphatic carbocycles. The Bertz CT molecular complexity index is 1100. The Kier molecular flexibility index (Phi) is 10.1. The lowest BCUT2D eigenvalue weighted by atomic mass is 9.77. The van der Waals surface area contributed by atoms with Crippen molar-refractivity contribution < 1.29 is 29.0 Å². The number of primary amides is 1. The second kappa shape index (κ2) is 12.8. The Morgan fingerprint density at radius 2 is 1.63 bits per heavy atom. The van der Waals surface area contributed by atoms with Crippen molar-refractivity contribution >= 4 is 23.8 Å². The van der Waals surface area contributed by atoms with Crippen molar-refractivity contribution in [3.05, 3.63) is 35.9 Å². The van der Waals surface area contributed by atoms with Gasteiger partial charge in [0.05, 0.1) is 6.04 Å². The molecule has 5 atom stereocenters. The van der Waals surface area contributed by atoms with Crippen molar-refractivity contribution in [2.45, 2.75) is 109 Å². The molecule has 0 spiro atoms. The van der Waals surface area contributed by atoms with Crippen molar-refractivity contribution in [2.75, 3.05) is 6.54 Å². The van der Waals surface area contributed by atoms with Gasteiger partial charge in [0.2, 0.25) is 17.7 Å². The van der Waals surface area contributed by atoms with E-state index in [4.69, 9.17) is 10.5 Å². The smallest absolute Gasteiger partial charge is 0.408 e. The molecule has 1 aromatic carbocycles. The number of carbonyl (C=O) groups excluding carboxylic acids is 4. The number of nitrogens with one attached hydrogen (secondary N) is 2. The minimum atomic E-state index is -1.53. The van der Waals surface area contributed by atoms with Crippen LogP contribution in [0.4, 0.5) is 4.79 Å². The van der Waals surface area contributed by atoms with Crippen molar-refractivity contribution in [1.29, 1.82) is 0 Å². The van der Waals surface area contributed by atoms with E-state index in [1.54, 1.807) is 20.8 Å². The van der Waals surface area contributed by atoms with Crippen LogP contribution >= 0.6 is 0 Å². The Morgan fingerprint density at radius 3 is 2.15 bits per heavy atom. The van der Waals surface area contributed by atoms with Crippen LogP contribution < -0.4 is 16.4 Å². The molecule has 4 amide bonds.